The molecule has 0 saturated carbocycles. The van der Waals surface area contributed by atoms with E-state index in [2.05, 4.69) is 20.7 Å². The van der Waals surface area contributed by atoms with Crippen molar-refractivity contribution in [3.63, 3.8) is 0 Å². The van der Waals surface area contributed by atoms with E-state index in [1.807, 2.05) is 24.3 Å². The van der Waals surface area contributed by atoms with E-state index in [-0.39, 0.29) is 18.9 Å². The molecule has 17 heavy (non-hydrogen) atoms. The predicted molar refractivity (Wildman–Crippen MR) is 68.0 cm³/mol. The summed E-state index contributed by atoms with van der Waals surface area (Å²) in [5.41, 5.74) is 0.543. The summed E-state index contributed by atoms with van der Waals surface area (Å²) in [7, 11) is 0. The summed E-state index contributed by atoms with van der Waals surface area (Å²) < 4.78 is 5.44. The lowest BCUT2D eigenvalue weighted by atomic mass is 10.0. The molecule has 2 aromatic rings. The average molecular weight is 293 g/mol. The Balaban J connectivity index is 2.34. The standard InChI is InChI=1S/C13H9BrO3/c14-12-4-3-9-5-11(2-1-10(9)6-12)13(16)7-17-8-15/h1-6,8H,7H2. The third-order valence-electron chi connectivity index (χ3n) is 2.41. The van der Waals surface area contributed by atoms with Crippen LogP contribution < -0.4 is 0 Å². The van der Waals surface area contributed by atoms with Gasteiger partial charge in [-0.25, -0.2) is 0 Å². The minimum absolute atomic E-state index is 0.207. The number of halogens is 1. The van der Waals surface area contributed by atoms with E-state index in [0.717, 1.165) is 15.2 Å². The Bertz CT molecular complexity index is 578. The van der Waals surface area contributed by atoms with Crippen LogP contribution in [0.1, 0.15) is 10.4 Å². The van der Waals surface area contributed by atoms with Crippen LogP contribution in [-0.4, -0.2) is 18.9 Å². The van der Waals surface area contributed by atoms with Gasteiger partial charge in [0.05, 0.1) is 0 Å². The Morgan fingerprint density at radius 3 is 2.65 bits per heavy atom. The lowest BCUT2D eigenvalue weighted by Crippen LogP contribution is -2.07. The molecule has 0 unspecified atom stereocenters. The van der Waals surface area contributed by atoms with E-state index < -0.39 is 0 Å². The van der Waals surface area contributed by atoms with Crippen LogP contribution in [0.25, 0.3) is 10.8 Å². The highest BCUT2D eigenvalue weighted by Crippen LogP contribution is 2.21. The van der Waals surface area contributed by atoms with Crippen LogP contribution in [0.2, 0.25) is 0 Å². The largest absolute Gasteiger partial charge is 0.459 e. The summed E-state index contributed by atoms with van der Waals surface area (Å²) in [6, 6.07) is 11.2. The van der Waals surface area contributed by atoms with Gasteiger partial charge < -0.3 is 4.74 Å². The summed E-state index contributed by atoms with van der Waals surface area (Å²) in [5, 5.41) is 2.03. The van der Waals surface area contributed by atoms with Crippen molar-refractivity contribution < 1.29 is 14.3 Å². The minimum atomic E-state index is -0.217. The molecule has 4 heteroatoms. The molecule has 2 rings (SSSR count). The molecule has 0 aliphatic carbocycles. The van der Waals surface area contributed by atoms with E-state index in [4.69, 9.17) is 0 Å². The maximum atomic E-state index is 11.6. The van der Waals surface area contributed by atoms with Gasteiger partial charge in [0.15, 0.2) is 12.4 Å². The van der Waals surface area contributed by atoms with Gasteiger partial charge in [0.1, 0.15) is 0 Å². The molecule has 0 aliphatic heterocycles. The summed E-state index contributed by atoms with van der Waals surface area (Å²) >= 11 is 3.39. The van der Waals surface area contributed by atoms with Crippen molar-refractivity contribution in [1.82, 2.24) is 0 Å². The molecular formula is C13H9BrO3. The van der Waals surface area contributed by atoms with Gasteiger partial charge in [-0.05, 0) is 29.0 Å². The highest BCUT2D eigenvalue weighted by Gasteiger charge is 2.06. The average Bonchev–Trinajstić information content (AvgIpc) is 2.35. The fourth-order valence-electron chi connectivity index (χ4n) is 1.58. The van der Waals surface area contributed by atoms with Gasteiger partial charge >= 0.3 is 0 Å². The lowest BCUT2D eigenvalue weighted by molar-refractivity contribution is -0.127. The maximum absolute atomic E-state index is 11.6. The SMILES string of the molecule is O=COCC(=O)c1ccc2cc(Br)ccc2c1. The van der Waals surface area contributed by atoms with E-state index in [0.29, 0.717) is 5.56 Å². The Morgan fingerprint density at radius 2 is 1.88 bits per heavy atom. The van der Waals surface area contributed by atoms with Gasteiger partial charge in [0, 0.05) is 10.0 Å². The molecule has 0 atom stereocenters. The Labute approximate surface area is 107 Å². The molecule has 2 aromatic carbocycles. The topological polar surface area (TPSA) is 43.4 Å². The molecule has 0 aliphatic rings. The van der Waals surface area contributed by atoms with Crippen LogP contribution in [0.15, 0.2) is 40.9 Å². The van der Waals surface area contributed by atoms with Crippen LogP contribution in [0.4, 0.5) is 0 Å². The fourth-order valence-corrected chi connectivity index (χ4v) is 1.96. The summed E-state index contributed by atoms with van der Waals surface area (Å²) in [6.07, 6.45) is 0. The quantitative estimate of drug-likeness (QED) is 0.643. The van der Waals surface area contributed by atoms with Gasteiger partial charge in [-0.1, -0.05) is 34.1 Å². The van der Waals surface area contributed by atoms with Crippen LogP contribution in [-0.2, 0) is 9.53 Å². The van der Waals surface area contributed by atoms with E-state index in [1.54, 1.807) is 12.1 Å². The number of ether oxygens (including phenoxy) is 1. The molecule has 0 aromatic heterocycles. The number of fused-ring (bicyclic) bond motifs is 1. The van der Waals surface area contributed by atoms with Crippen molar-refractivity contribution in [3.8, 4) is 0 Å². The Kier molecular flexibility index (Phi) is 3.54. The number of carbonyl (C=O) groups excluding carboxylic acids is 2. The minimum Gasteiger partial charge on any atom is -0.459 e. The van der Waals surface area contributed by atoms with Crippen molar-refractivity contribution in [2.75, 3.05) is 6.61 Å². The number of benzene rings is 2. The Morgan fingerprint density at radius 1 is 1.18 bits per heavy atom. The molecule has 0 amide bonds. The maximum Gasteiger partial charge on any atom is 0.293 e. The van der Waals surface area contributed by atoms with E-state index in [1.165, 1.54) is 0 Å². The zero-order chi connectivity index (χ0) is 12.3. The first-order valence-corrected chi connectivity index (χ1v) is 5.78. The van der Waals surface area contributed by atoms with Crippen molar-refractivity contribution in [3.05, 3.63) is 46.4 Å². The second-order valence-electron chi connectivity index (χ2n) is 3.54. The van der Waals surface area contributed by atoms with Crippen molar-refractivity contribution in [2.45, 2.75) is 0 Å². The van der Waals surface area contributed by atoms with Gasteiger partial charge in [-0.15, -0.1) is 0 Å². The van der Waals surface area contributed by atoms with Crippen LogP contribution in [0.5, 0.6) is 0 Å². The number of hydrogen-bond donors (Lipinski definition) is 0. The molecular weight excluding hydrogens is 284 g/mol. The van der Waals surface area contributed by atoms with Gasteiger partial charge in [-0.2, -0.15) is 0 Å². The molecule has 0 heterocycles. The second kappa shape index (κ2) is 5.10. The highest BCUT2D eigenvalue weighted by molar-refractivity contribution is 9.10. The Hall–Kier alpha value is -1.68. The van der Waals surface area contributed by atoms with Crippen molar-refractivity contribution in [2.24, 2.45) is 0 Å². The van der Waals surface area contributed by atoms with Gasteiger partial charge in [0.25, 0.3) is 6.47 Å². The first-order valence-electron chi connectivity index (χ1n) is 4.98. The van der Waals surface area contributed by atoms with Gasteiger partial charge in [-0.3, -0.25) is 9.59 Å². The molecule has 0 fully saturated rings. The zero-order valence-electron chi connectivity index (χ0n) is 8.85. The van der Waals surface area contributed by atoms with Crippen LogP contribution in [0.3, 0.4) is 0 Å². The van der Waals surface area contributed by atoms with E-state index in [9.17, 15) is 9.59 Å². The summed E-state index contributed by atoms with van der Waals surface area (Å²) in [5.74, 6) is -0.207. The van der Waals surface area contributed by atoms with Crippen molar-refractivity contribution in [1.29, 1.82) is 0 Å². The normalized spacial score (nSPS) is 10.2. The van der Waals surface area contributed by atoms with E-state index >= 15 is 0 Å². The van der Waals surface area contributed by atoms with Crippen molar-refractivity contribution >= 4 is 39.0 Å². The van der Waals surface area contributed by atoms with Crippen LogP contribution >= 0.6 is 15.9 Å². The number of hydrogen-bond acceptors (Lipinski definition) is 3. The lowest BCUT2D eigenvalue weighted by Gasteiger charge is -2.03. The number of ketones is 1. The monoisotopic (exact) mass is 292 g/mol. The number of rotatable bonds is 4. The summed E-state index contributed by atoms with van der Waals surface area (Å²) in [6.45, 7) is 0.0571. The van der Waals surface area contributed by atoms with Gasteiger partial charge in [0.2, 0.25) is 0 Å². The molecule has 0 bridgehead atoms. The van der Waals surface area contributed by atoms with Crippen LogP contribution in [0, 0.1) is 0 Å². The first-order chi connectivity index (χ1) is 8.20. The first kappa shape index (κ1) is 11.8. The smallest absolute Gasteiger partial charge is 0.293 e. The molecule has 3 nitrogen and oxygen atoms in total. The third-order valence-corrected chi connectivity index (χ3v) is 2.90. The molecule has 0 N–H and O–H groups in total. The predicted octanol–water partition coefficient (Wildman–Crippen LogP) is 2.96. The molecule has 0 radical (unpaired) electrons. The third kappa shape index (κ3) is 2.71. The molecule has 86 valence electrons. The highest BCUT2D eigenvalue weighted by atomic mass is 79.9. The number of carbonyl (C=O) groups is 2. The molecule has 0 saturated heterocycles. The number of Topliss-reactive ketones (excluding diaryl/α,β-unsaturated/α-hetero) is 1. The summed E-state index contributed by atoms with van der Waals surface area (Å²) in [4.78, 5) is 21.6. The molecule has 0 spiro atoms. The fraction of sp³-hybridized carbons (Fsp3) is 0.0769. The second-order valence-corrected chi connectivity index (χ2v) is 4.45. The zero-order valence-corrected chi connectivity index (χ0v) is 10.4.